The Kier molecular flexibility index (Phi) is 7.21. The number of anilines is 2. The summed E-state index contributed by atoms with van der Waals surface area (Å²) in [7, 11) is 0. The van der Waals surface area contributed by atoms with Crippen molar-refractivity contribution >= 4 is 34.6 Å². The highest BCUT2D eigenvalue weighted by Crippen LogP contribution is 2.36. The lowest BCUT2D eigenvalue weighted by atomic mass is 10.0. The van der Waals surface area contributed by atoms with Gasteiger partial charge in [0.25, 0.3) is 5.91 Å². The standard InChI is InChI=1S/C26H25F3N6O3S/c1-15(36)34-14-17-9-20(39(2)38)6-7-21(17)23(34)24(37)33-18-11-31-25(32-12-18)35(19-4-5-19)13-16-3-8-22(30-10-16)26(27,28)29/h3,6-12,19,23H,4-5,13-14H2,1-2H3,(H,33,37). The van der Waals surface area contributed by atoms with Gasteiger partial charge in [0.1, 0.15) is 18.0 Å². The van der Waals surface area contributed by atoms with E-state index in [4.69, 9.17) is 0 Å². The van der Waals surface area contributed by atoms with Crippen molar-refractivity contribution in [2.75, 3.05) is 16.5 Å². The highest BCUT2D eigenvalue weighted by molar-refractivity contribution is 7.90. The van der Waals surface area contributed by atoms with Crippen molar-refractivity contribution in [3.05, 3.63) is 71.3 Å². The lowest BCUT2D eigenvalue weighted by Crippen LogP contribution is -2.35. The molecule has 0 radical (unpaired) electrons. The number of hydrogen-bond acceptors (Lipinski definition) is 7. The van der Waals surface area contributed by atoms with Gasteiger partial charge in [-0.1, -0.05) is 12.1 Å². The second-order valence-corrected chi connectivity index (χ2v) is 10.9. The summed E-state index contributed by atoms with van der Waals surface area (Å²) in [6.45, 7) is 1.92. The van der Waals surface area contributed by atoms with Crippen LogP contribution in [0.2, 0.25) is 0 Å². The first-order valence-corrected chi connectivity index (χ1v) is 13.7. The monoisotopic (exact) mass is 558 g/mol. The van der Waals surface area contributed by atoms with Crippen LogP contribution in [0.25, 0.3) is 0 Å². The molecule has 1 saturated carbocycles. The average molecular weight is 559 g/mol. The molecule has 204 valence electrons. The first-order chi connectivity index (χ1) is 18.5. The number of nitrogens with one attached hydrogen (secondary N) is 1. The zero-order valence-corrected chi connectivity index (χ0v) is 21.9. The largest absolute Gasteiger partial charge is 0.612 e. The molecule has 2 atom stereocenters. The van der Waals surface area contributed by atoms with Crippen molar-refractivity contribution in [3.63, 3.8) is 0 Å². The van der Waals surface area contributed by atoms with E-state index in [0.29, 0.717) is 34.2 Å². The Hall–Kier alpha value is -3.71. The van der Waals surface area contributed by atoms with E-state index in [1.807, 2.05) is 4.90 Å². The number of benzene rings is 1. The number of alkyl halides is 3. The molecule has 3 heterocycles. The molecule has 2 aliphatic rings. The lowest BCUT2D eigenvalue weighted by molar-refractivity contribution is -0.141. The molecule has 1 aromatic carbocycles. The number of rotatable bonds is 7. The van der Waals surface area contributed by atoms with Gasteiger partial charge in [0.05, 0.1) is 18.1 Å². The second kappa shape index (κ2) is 10.5. The summed E-state index contributed by atoms with van der Waals surface area (Å²) in [5.41, 5.74) is 1.41. The summed E-state index contributed by atoms with van der Waals surface area (Å²) < 4.78 is 50.4. The molecule has 9 nitrogen and oxygen atoms in total. The fraction of sp³-hybridized carbons (Fsp3) is 0.346. The van der Waals surface area contributed by atoms with Gasteiger partial charge >= 0.3 is 6.18 Å². The van der Waals surface area contributed by atoms with E-state index in [2.05, 4.69) is 20.3 Å². The van der Waals surface area contributed by atoms with E-state index in [-0.39, 0.29) is 18.5 Å². The minimum absolute atomic E-state index is 0.161. The number of pyridine rings is 1. The zero-order valence-electron chi connectivity index (χ0n) is 21.1. The number of nitrogens with zero attached hydrogens (tertiary/aromatic N) is 5. The Bertz CT molecular complexity index is 1380. The van der Waals surface area contributed by atoms with E-state index in [0.717, 1.165) is 24.5 Å². The Morgan fingerprint density at radius 1 is 1.13 bits per heavy atom. The molecule has 2 amide bonds. The molecule has 13 heteroatoms. The first kappa shape index (κ1) is 26.9. The molecular weight excluding hydrogens is 533 g/mol. The van der Waals surface area contributed by atoms with E-state index in [1.54, 1.807) is 24.5 Å². The number of hydrogen-bond donors (Lipinski definition) is 1. The number of halogens is 3. The molecule has 1 aliphatic heterocycles. The Morgan fingerprint density at radius 2 is 1.85 bits per heavy atom. The molecule has 1 aliphatic carbocycles. The van der Waals surface area contributed by atoms with Crippen LogP contribution in [0.3, 0.4) is 0 Å². The highest BCUT2D eigenvalue weighted by atomic mass is 32.2. The molecule has 3 aromatic rings. The van der Waals surface area contributed by atoms with Crippen molar-refractivity contribution < 1.29 is 27.3 Å². The minimum Gasteiger partial charge on any atom is -0.612 e. The summed E-state index contributed by atoms with van der Waals surface area (Å²) in [6, 6.07) is 6.82. The number of aromatic nitrogens is 3. The quantitative estimate of drug-likeness (QED) is 0.439. The number of fused-ring (bicyclic) bond motifs is 1. The summed E-state index contributed by atoms with van der Waals surface area (Å²) in [6.07, 6.45) is 3.00. The van der Waals surface area contributed by atoms with E-state index in [1.165, 1.54) is 36.5 Å². The topological polar surface area (TPSA) is 114 Å². The van der Waals surface area contributed by atoms with Crippen LogP contribution < -0.4 is 10.2 Å². The van der Waals surface area contributed by atoms with Gasteiger partial charge in [-0.05, 0) is 58.9 Å². The number of amides is 2. The Balaban J connectivity index is 1.30. The van der Waals surface area contributed by atoms with Crippen molar-refractivity contribution in [2.45, 2.75) is 56.0 Å². The third-order valence-electron chi connectivity index (χ3n) is 6.66. The van der Waals surface area contributed by atoms with Gasteiger partial charge in [0.2, 0.25) is 11.9 Å². The maximum atomic E-state index is 13.3. The third kappa shape index (κ3) is 5.83. The number of carbonyl (C=O) groups is 2. The van der Waals surface area contributed by atoms with Crippen LogP contribution in [0, 0.1) is 0 Å². The minimum atomic E-state index is -4.50. The first-order valence-electron chi connectivity index (χ1n) is 12.2. The fourth-order valence-corrected chi connectivity index (χ4v) is 5.13. The van der Waals surface area contributed by atoms with Gasteiger partial charge in [0, 0.05) is 32.3 Å². The van der Waals surface area contributed by atoms with Crippen molar-refractivity contribution in [1.82, 2.24) is 19.9 Å². The van der Waals surface area contributed by atoms with Gasteiger partial charge in [-0.2, -0.15) is 13.2 Å². The summed E-state index contributed by atoms with van der Waals surface area (Å²) in [5.74, 6) is -0.317. The van der Waals surface area contributed by atoms with Crippen LogP contribution in [-0.4, -0.2) is 48.5 Å². The van der Waals surface area contributed by atoms with E-state index >= 15 is 0 Å². The molecule has 1 N–H and O–H groups in total. The predicted octanol–water partition coefficient (Wildman–Crippen LogP) is 3.84. The molecule has 2 unspecified atom stereocenters. The Morgan fingerprint density at radius 3 is 2.41 bits per heavy atom. The van der Waals surface area contributed by atoms with Gasteiger partial charge < -0.3 is 19.7 Å². The zero-order chi connectivity index (χ0) is 27.9. The second-order valence-electron chi connectivity index (χ2n) is 9.53. The molecule has 0 bridgehead atoms. The normalized spacial score (nSPS) is 17.5. The third-order valence-corrected chi connectivity index (χ3v) is 7.58. The maximum Gasteiger partial charge on any atom is 0.433 e. The molecule has 2 aromatic heterocycles. The lowest BCUT2D eigenvalue weighted by Gasteiger charge is -2.24. The molecule has 1 fully saturated rings. The summed E-state index contributed by atoms with van der Waals surface area (Å²) >= 11 is -1.19. The summed E-state index contributed by atoms with van der Waals surface area (Å²) in [5, 5.41) is 2.78. The summed E-state index contributed by atoms with van der Waals surface area (Å²) in [4.78, 5) is 41.8. The SMILES string of the molecule is CC(=O)N1Cc2cc([S+](C)[O-])ccc2C1C(=O)Nc1cnc(N(Cc2ccc(C(F)(F)F)nc2)C2CC2)nc1. The van der Waals surface area contributed by atoms with Gasteiger partial charge in [-0.15, -0.1) is 0 Å². The predicted molar refractivity (Wildman–Crippen MR) is 137 cm³/mol. The van der Waals surface area contributed by atoms with Crippen LogP contribution in [0.5, 0.6) is 0 Å². The Labute approximate surface area is 225 Å². The van der Waals surface area contributed by atoms with Crippen molar-refractivity contribution in [1.29, 1.82) is 0 Å². The van der Waals surface area contributed by atoms with Crippen LogP contribution in [0.15, 0.2) is 53.8 Å². The van der Waals surface area contributed by atoms with Gasteiger partial charge in [0.15, 0.2) is 4.90 Å². The number of carbonyl (C=O) groups excluding carboxylic acids is 2. The molecule has 5 rings (SSSR count). The van der Waals surface area contributed by atoms with Crippen molar-refractivity contribution in [3.8, 4) is 0 Å². The van der Waals surface area contributed by atoms with Gasteiger partial charge in [-0.25, -0.2) is 9.97 Å². The van der Waals surface area contributed by atoms with Crippen LogP contribution in [-0.2, 0) is 40.0 Å². The van der Waals surface area contributed by atoms with E-state index < -0.39 is 35.0 Å². The maximum absolute atomic E-state index is 13.3. The van der Waals surface area contributed by atoms with Crippen LogP contribution in [0.4, 0.5) is 24.8 Å². The van der Waals surface area contributed by atoms with Crippen molar-refractivity contribution in [2.24, 2.45) is 0 Å². The fourth-order valence-electron chi connectivity index (χ4n) is 4.56. The highest BCUT2D eigenvalue weighted by Gasteiger charge is 2.38. The van der Waals surface area contributed by atoms with E-state index in [9.17, 15) is 27.3 Å². The average Bonchev–Trinajstić information content (AvgIpc) is 3.66. The molecule has 0 saturated heterocycles. The van der Waals surface area contributed by atoms with Crippen LogP contribution in [0.1, 0.15) is 48.2 Å². The molecular formula is C26H25F3N6O3S. The smallest absolute Gasteiger partial charge is 0.433 e. The molecule has 0 spiro atoms. The van der Waals surface area contributed by atoms with Gasteiger partial charge in [-0.3, -0.25) is 14.6 Å². The molecule has 39 heavy (non-hydrogen) atoms. The van der Waals surface area contributed by atoms with Crippen LogP contribution >= 0.6 is 0 Å².